The third-order valence-corrected chi connectivity index (χ3v) is 3.94. The predicted octanol–water partition coefficient (Wildman–Crippen LogP) is 5.00. The lowest BCUT2D eigenvalue weighted by Crippen LogP contribution is -1.83. The third-order valence-electron chi connectivity index (χ3n) is 3.94. The first kappa shape index (κ1) is 12.0. The van der Waals surface area contributed by atoms with E-state index in [4.69, 9.17) is 4.74 Å². The van der Waals surface area contributed by atoms with Crippen LogP contribution in [-0.2, 0) is 0 Å². The Hall–Kier alpha value is -2.74. The highest BCUT2D eigenvalue weighted by molar-refractivity contribution is 6.11. The summed E-state index contributed by atoms with van der Waals surface area (Å²) in [4.78, 5) is 3.54. The Morgan fingerprint density at radius 2 is 1.52 bits per heavy atom. The average molecular weight is 273 g/mol. The summed E-state index contributed by atoms with van der Waals surface area (Å²) >= 11 is 0. The van der Waals surface area contributed by atoms with E-state index in [1.165, 1.54) is 32.9 Å². The molecule has 2 nitrogen and oxygen atoms in total. The zero-order valence-electron chi connectivity index (χ0n) is 11.8. The summed E-state index contributed by atoms with van der Waals surface area (Å²) in [6.07, 6.45) is 0. The van der Waals surface area contributed by atoms with Crippen LogP contribution >= 0.6 is 0 Å². The van der Waals surface area contributed by atoms with Gasteiger partial charge >= 0.3 is 0 Å². The monoisotopic (exact) mass is 273 g/mol. The molecular formula is C19H15NO. The van der Waals surface area contributed by atoms with Crippen molar-refractivity contribution in [1.82, 2.24) is 4.98 Å². The van der Waals surface area contributed by atoms with Gasteiger partial charge in [0.1, 0.15) is 5.75 Å². The molecule has 0 radical (unpaired) electrons. The van der Waals surface area contributed by atoms with E-state index >= 15 is 0 Å². The zero-order chi connectivity index (χ0) is 14.2. The second-order valence-corrected chi connectivity index (χ2v) is 5.13. The number of benzene rings is 3. The van der Waals surface area contributed by atoms with Gasteiger partial charge in [-0.05, 0) is 23.8 Å². The largest absolute Gasteiger partial charge is 0.497 e. The number of rotatable bonds is 2. The highest BCUT2D eigenvalue weighted by atomic mass is 16.5. The lowest BCUT2D eigenvalue weighted by molar-refractivity contribution is 0.415. The van der Waals surface area contributed by atoms with Gasteiger partial charge in [-0.1, -0.05) is 48.5 Å². The lowest BCUT2D eigenvalue weighted by atomic mass is 10.0. The highest BCUT2D eigenvalue weighted by Crippen LogP contribution is 2.33. The summed E-state index contributed by atoms with van der Waals surface area (Å²) in [5, 5.41) is 2.53. The lowest BCUT2D eigenvalue weighted by Gasteiger charge is -2.05. The van der Waals surface area contributed by atoms with Crippen LogP contribution in [0.25, 0.3) is 32.9 Å². The molecular weight excluding hydrogens is 258 g/mol. The number of aromatic nitrogens is 1. The number of hydrogen-bond donors (Lipinski definition) is 1. The predicted molar refractivity (Wildman–Crippen MR) is 87.8 cm³/mol. The van der Waals surface area contributed by atoms with Gasteiger partial charge < -0.3 is 9.72 Å². The van der Waals surface area contributed by atoms with Gasteiger partial charge in [0.25, 0.3) is 0 Å². The molecule has 21 heavy (non-hydrogen) atoms. The first-order valence-corrected chi connectivity index (χ1v) is 7.01. The van der Waals surface area contributed by atoms with E-state index in [-0.39, 0.29) is 0 Å². The number of hydrogen-bond acceptors (Lipinski definition) is 1. The second-order valence-electron chi connectivity index (χ2n) is 5.13. The van der Waals surface area contributed by atoms with Crippen LogP contribution in [0.4, 0.5) is 0 Å². The van der Waals surface area contributed by atoms with Crippen LogP contribution in [0.1, 0.15) is 0 Å². The summed E-state index contributed by atoms with van der Waals surface area (Å²) < 4.78 is 5.23. The molecule has 3 aromatic carbocycles. The molecule has 0 atom stereocenters. The molecule has 1 aromatic heterocycles. The van der Waals surface area contributed by atoms with Gasteiger partial charge in [0.05, 0.1) is 12.6 Å². The fourth-order valence-corrected chi connectivity index (χ4v) is 2.88. The maximum absolute atomic E-state index is 5.23. The highest BCUT2D eigenvalue weighted by Gasteiger charge is 2.08. The van der Waals surface area contributed by atoms with Crippen LogP contribution < -0.4 is 4.74 Å². The molecule has 0 aliphatic heterocycles. The van der Waals surface area contributed by atoms with Gasteiger partial charge in [-0.3, -0.25) is 0 Å². The van der Waals surface area contributed by atoms with E-state index in [9.17, 15) is 0 Å². The number of fused-ring (bicyclic) bond motifs is 3. The van der Waals surface area contributed by atoms with Crippen LogP contribution in [0.5, 0.6) is 5.75 Å². The molecule has 0 bridgehead atoms. The van der Waals surface area contributed by atoms with Crippen molar-refractivity contribution in [3.63, 3.8) is 0 Å². The van der Waals surface area contributed by atoms with Crippen LogP contribution in [0.15, 0.2) is 66.7 Å². The second kappa shape index (κ2) is 4.67. The standard InChI is InChI=1S/C19H15NO/c1-21-14-11-9-13(10-12-14)15-6-4-7-17-16-5-2-3-8-18(16)20-19(15)17/h2-12,20H,1H3. The van der Waals surface area contributed by atoms with E-state index in [1.807, 2.05) is 12.1 Å². The Bertz CT molecular complexity index is 919. The Balaban J connectivity index is 1.99. The van der Waals surface area contributed by atoms with Crippen molar-refractivity contribution in [3.8, 4) is 16.9 Å². The molecule has 0 spiro atoms. The first-order chi connectivity index (χ1) is 10.4. The van der Waals surface area contributed by atoms with Gasteiger partial charge in [0.15, 0.2) is 0 Å². The van der Waals surface area contributed by atoms with Gasteiger partial charge in [0.2, 0.25) is 0 Å². The van der Waals surface area contributed by atoms with Crippen molar-refractivity contribution in [2.24, 2.45) is 0 Å². The van der Waals surface area contributed by atoms with Crippen LogP contribution in [-0.4, -0.2) is 12.1 Å². The van der Waals surface area contributed by atoms with Crippen molar-refractivity contribution in [2.75, 3.05) is 7.11 Å². The minimum Gasteiger partial charge on any atom is -0.497 e. The van der Waals surface area contributed by atoms with E-state index < -0.39 is 0 Å². The third kappa shape index (κ3) is 1.88. The molecule has 1 N–H and O–H groups in total. The van der Waals surface area contributed by atoms with E-state index in [0.29, 0.717) is 0 Å². The number of para-hydroxylation sites is 2. The smallest absolute Gasteiger partial charge is 0.118 e. The molecule has 1 heterocycles. The maximum Gasteiger partial charge on any atom is 0.118 e. The topological polar surface area (TPSA) is 25.0 Å². The molecule has 0 aliphatic rings. The Morgan fingerprint density at radius 3 is 2.33 bits per heavy atom. The van der Waals surface area contributed by atoms with Gasteiger partial charge in [-0.25, -0.2) is 0 Å². The van der Waals surface area contributed by atoms with Gasteiger partial charge in [-0.15, -0.1) is 0 Å². The van der Waals surface area contributed by atoms with Crippen molar-refractivity contribution in [1.29, 1.82) is 0 Å². The van der Waals surface area contributed by atoms with Crippen molar-refractivity contribution >= 4 is 21.8 Å². The minimum absolute atomic E-state index is 0.877. The molecule has 4 rings (SSSR count). The van der Waals surface area contributed by atoms with E-state index in [1.54, 1.807) is 7.11 Å². The van der Waals surface area contributed by atoms with Crippen molar-refractivity contribution < 1.29 is 4.74 Å². The van der Waals surface area contributed by atoms with E-state index in [2.05, 4.69) is 59.6 Å². The fraction of sp³-hybridized carbons (Fsp3) is 0.0526. The number of nitrogens with one attached hydrogen (secondary N) is 1. The molecule has 102 valence electrons. The van der Waals surface area contributed by atoms with Gasteiger partial charge in [0, 0.05) is 21.9 Å². The molecule has 0 fully saturated rings. The zero-order valence-corrected chi connectivity index (χ0v) is 11.8. The number of H-pyrrole nitrogens is 1. The number of methoxy groups -OCH3 is 1. The van der Waals surface area contributed by atoms with Crippen LogP contribution in [0.3, 0.4) is 0 Å². The SMILES string of the molecule is COc1ccc(-c2cccc3c2[nH]c2ccccc23)cc1. The Morgan fingerprint density at radius 1 is 0.762 bits per heavy atom. The molecule has 0 amide bonds. The average Bonchev–Trinajstić information content (AvgIpc) is 2.94. The fourth-order valence-electron chi connectivity index (χ4n) is 2.88. The van der Waals surface area contributed by atoms with E-state index in [0.717, 1.165) is 5.75 Å². The normalized spacial score (nSPS) is 11.1. The van der Waals surface area contributed by atoms with Crippen molar-refractivity contribution in [3.05, 3.63) is 66.7 Å². The molecule has 0 saturated carbocycles. The first-order valence-electron chi connectivity index (χ1n) is 7.01. The maximum atomic E-state index is 5.23. The molecule has 2 heteroatoms. The van der Waals surface area contributed by atoms with Gasteiger partial charge in [-0.2, -0.15) is 0 Å². The Kier molecular flexibility index (Phi) is 2.68. The molecule has 0 saturated heterocycles. The molecule has 0 aliphatic carbocycles. The number of ether oxygens (including phenoxy) is 1. The Labute approximate surface area is 123 Å². The van der Waals surface area contributed by atoms with Crippen molar-refractivity contribution in [2.45, 2.75) is 0 Å². The van der Waals surface area contributed by atoms with Crippen LogP contribution in [0, 0.1) is 0 Å². The summed E-state index contributed by atoms with van der Waals surface area (Å²) in [5.74, 6) is 0.877. The summed E-state index contributed by atoms with van der Waals surface area (Å²) in [6.45, 7) is 0. The van der Waals surface area contributed by atoms with Crippen LogP contribution in [0.2, 0.25) is 0 Å². The summed E-state index contributed by atoms with van der Waals surface area (Å²) in [5.41, 5.74) is 4.76. The quantitative estimate of drug-likeness (QED) is 0.546. The molecule has 4 aromatic rings. The number of aromatic amines is 1. The molecule has 0 unspecified atom stereocenters. The summed E-state index contributed by atoms with van der Waals surface area (Å²) in [6, 6.07) is 23.0. The summed E-state index contributed by atoms with van der Waals surface area (Å²) in [7, 11) is 1.69. The minimum atomic E-state index is 0.877.